The molecule has 0 saturated heterocycles. The van der Waals surface area contributed by atoms with Gasteiger partial charge in [-0.1, -0.05) is 30.3 Å². The van der Waals surface area contributed by atoms with Crippen LogP contribution in [0.4, 0.5) is 0 Å². The van der Waals surface area contributed by atoms with Gasteiger partial charge in [0.05, 0.1) is 12.4 Å². The maximum Gasteiger partial charge on any atom is 0.290 e. The summed E-state index contributed by atoms with van der Waals surface area (Å²) in [4.78, 5) is 4.72. The molecule has 0 aromatic heterocycles. The molecule has 0 fully saturated rings. The number of rotatable bonds is 5. The third-order valence-electron chi connectivity index (χ3n) is 1.69. The SMILES string of the molecule is CC(Cc1ccccc1)OOS(C)(=O)=O. The highest BCUT2D eigenvalue weighted by atomic mass is 32.2. The van der Waals surface area contributed by atoms with Crippen molar-refractivity contribution in [1.29, 1.82) is 0 Å². The number of hydrogen-bond donors (Lipinski definition) is 0. The van der Waals surface area contributed by atoms with E-state index in [0.717, 1.165) is 11.8 Å². The maximum absolute atomic E-state index is 10.6. The summed E-state index contributed by atoms with van der Waals surface area (Å²) in [6.07, 6.45) is 1.25. The van der Waals surface area contributed by atoms with Crippen LogP contribution in [0.1, 0.15) is 12.5 Å². The zero-order chi connectivity index (χ0) is 11.3. The molecule has 84 valence electrons. The van der Waals surface area contributed by atoms with Crippen molar-refractivity contribution in [3.63, 3.8) is 0 Å². The lowest BCUT2D eigenvalue weighted by Crippen LogP contribution is -2.15. The molecule has 0 bridgehead atoms. The molecular formula is C10H14O4S. The van der Waals surface area contributed by atoms with E-state index in [4.69, 9.17) is 4.89 Å². The van der Waals surface area contributed by atoms with Gasteiger partial charge >= 0.3 is 0 Å². The minimum absolute atomic E-state index is 0.304. The van der Waals surface area contributed by atoms with Crippen LogP contribution in [0.25, 0.3) is 0 Å². The minimum atomic E-state index is -3.53. The first-order valence-corrected chi connectivity index (χ1v) is 6.38. The zero-order valence-electron chi connectivity index (χ0n) is 8.71. The molecule has 0 heterocycles. The van der Waals surface area contributed by atoms with Crippen molar-refractivity contribution in [1.82, 2.24) is 0 Å². The van der Waals surface area contributed by atoms with E-state index < -0.39 is 10.1 Å². The van der Waals surface area contributed by atoms with Gasteiger partial charge in [0.2, 0.25) is 0 Å². The van der Waals surface area contributed by atoms with Gasteiger partial charge in [-0.15, -0.1) is 4.33 Å². The Balaban J connectivity index is 2.40. The molecule has 0 aliphatic rings. The largest absolute Gasteiger partial charge is 0.290 e. The van der Waals surface area contributed by atoms with Gasteiger partial charge in [0.25, 0.3) is 10.1 Å². The quantitative estimate of drug-likeness (QED) is 0.568. The molecule has 1 aromatic rings. The predicted molar refractivity (Wildman–Crippen MR) is 56.6 cm³/mol. The second-order valence-corrected chi connectivity index (χ2v) is 4.91. The third-order valence-corrected chi connectivity index (χ3v) is 2.02. The molecule has 0 N–H and O–H groups in total. The summed E-state index contributed by atoms with van der Waals surface area (Å²) in [5, 5.41) is 0. The highest BCUT2D eigenvalue weighted by Gasteiger charge is 2.09. The number of benzene rings is 1. The fourth-order valence-electron chi connectivity index (χ4n) is 1.12. The fraction of sp³-hybridized carbons (Fsp3) is 0.400. The van der Waals surface area contributed by atoms with Crippen molar-refractivity contribution < 1.29 is 17.6 Å². The monoisotopic (exact) mass is 230 g/mol. The standard InChI is InChI=1S/C10H14O4S/c1-9(13-14-15(2,11)12)8-10-6-4-3-5-7-10/h3-7,9H,8H2,1-2H3. The minimum Gasteiger partial charge on any atom is -0.217 e. The molecule has 0 aliphatic heterocycles. The average molecular weight is 230 g/mol. The van der Waals surface area contributed by atoms with E-state index in [1.54, 1.807) is 6.92 Å². The lowest BCUT2D eigenvalue weighted by atomic mass is 10.1. The van der Waals surface area contributed by atoms with E-state index in [-0.39, 0.29) is 6.10 Å². The van der Waals surface area contributed by atoms with Crippen molar-refractivity contribution >= 4 is 10.1 Å². The molecule has 0 amide bonds. The lowest BCUT2D eigenvalue weighted by molar-refractivity contribution is -0.234. The molecule has 1 aromatic carbocycles. The lowest BCUT2D eigenvalue weighted by Gasteiger charge is -2.10. The summed E-state index contributed by atoms with van der Waals surface area (Å²) in [5.74, 6) is 0. The van der Waals surface area contributed by atoms with Crippen LogP contribution in [0.5, 0.6) is 0 Å². The summed E-state index contributed by atoms with van der Waals surface area (Å²) in [5.41, 5.74) is 1.07. The van der Waals surface area contributed by atoms with Gasteiger partial charge in [-0.25, -0.2) is 4.89 Å². The van der Waals surface area contributed by atoms with E-state index in [1.165, 1.54) is 0 Å². The molecule has 15 heavy (non-hydrogen) atoms. The molecule has 1 rings (SSSR count). The Hall–Kier alpha value is -0.910. The van der Waals surface area contributed by atoms with Gasteiger partial charge in [-0.3, -0.25) is 0 Å². The summed E-state index contributed by atoms with van der Waals surface area (Å²) in [7, 11) is -3.53. The Bertz CT molecular complexity index is 385. The Morgan fingerprint density at radius 3 is 2.40 bits per heavy atom. The molecule has 0 radical (unpaired) electrons. The summed E-state index contributed by atoms with van der Waals surface area (Å²) in [6.45, 7) is 1.75. The molecular weight excluding hydrogens is 216 g/mol. The Morgan fingerprint density at radius 1 is 1.27 bits per heavy atom. The summed E-state index contributed by atoms with van der Waals surface area (Å²) in [6, 6.07) is 9.64. The first kappa shape index (κ1) is 12.2. The van der Waals surface area contributed by atoms with Crippen LogP contribution in [0.2, 0.25) is 0 Å². The molecule has 0 saturated carbocycles. The van der Waals surface area contributed by atoms with Crippen LogP contribution in [-0.4, -0.2) is 20.8 Å². The van der Waals surface area contributed by atoms with Crippen molar-refractivity contribution in [2.75, 3.05) is 6.26 Å². The first-order valence-electron chi connectivity index (χ1n) is 4.56. The van der Waals surface area contributed by atoms with Gasteiger partial charge < -0.3 is 0 Å². The molecule has 0 aliphatic carbocycles. The Morgan fingerprint density at radius 2 is 1.87 bits per heavy atom. The van der Waals surface area contributed by atoms with E-state index in [1.807, 2.05) is 30.3 Å². The fourth-order valence-corrected chi connectivity index (χ4v) is 1.40. The maximum atomic E-state index is 10.6. The molecule has 1 unspecified atom stereocenters. The van der Waals surface area contributed by atoms with Crippen LogP contribution >= 0.6 is 0 Å². The van der Waals surface area contributed by atoms with Crippen LogP contribution in [0.15, 0.2) is 30.3 Å². The molecule has 1 atom stereocenters. The van der Waals surface area contributed by atoms with Crippen LogP contribution in [0.3, 0.4) is 0 Å². The van der Waals surface area contributed by atoms with Gasteiger partial charge in [-0.05, 0) is 12.5 Å². The second-order valence-electron chi connectivity index (χ2n) is 3.37. The van der Waals surface area contributed by atoms with Crippen molar-refractivity contribution in [2.24, 2.45) is 0 Å². The highest BCUT2D eigenvalue weighted by Crippen LogP contribution is 2.06. The van der Waals surface area contributed by atoms with Gasteiger partial charge in [-0.2, -0.15) is 8.42 Å². The summed E-state index contributed by atoms with van der Waals surface area (Å²) >= 11 is 0. The molecule has 5 heteroatoms. The van der Waals surface area contributed by atoms with Gasteiger partial charge in [0.1, 0.15) is 0 Å². The third kappa shape index (κ3) is 5.51. The second kappa shape index (κ2) is 5.25. The smallest absolute Gasteiger partial charge is 0.217 e. The predicted octanol–water partition coefficient (Wildman–Crippen LogP) is 1.53. The zero-order valence-corrected chi connectivity index (χ0v) is 9.53. The van der Waals surface area contributed by atoms with Crippen LogP contribution in [0, 0.1) is 0 Å². The van der Waals surface area contributed by atoms with Crippen LogP contribution in [-0.2, 0) is 25.8 Å². The Labute approximate surface area is 89.9 Å². The number of hydrogen-bond acceptors (Lipinski definition) is 4. The van der Waals surface area contributed by atoms with Crippen molar-refractivity contribution in [3.8, 4) is 0 Å². The normalized spacial score (nSPS) is 13.7. The Kier molecular flexibility index (Phi) is 4.26. The van der Waals surface area contributed by atoms with Gasteiger partial charge in [0.15, 0.2) is 0 Å². The van der Waals surface area contributed by atoms with E-state index in [2.05, 4.69) is 4.33 Å². The summed E-state index contributed by atoms with van der Waals surface area (Å²) < 4.78 is 25.5. The van der Waals surface area contributed by atoms with Gasteiger partial charge in [0, 0.05) is 6.42 Å². The molecule has 4 nitrogen and oxygen atoms in total. The molecule has 0 spiro atoms. The highest BCUT2D eigenvalue weighted by molar-refractivity contribution is 7.85. The van der Waals surface area contributed by atoms with Crippen molar-refractivity contribution in [3.05, 3.63) is 35.9 Å². The topological polar surface area (TPSA) is 52.6 Å². The van der Waals surface area contributed by atoms with Crippen LogP contribution < -0.4 is 0 Å². The van der Waals surface area contributed by atoms with E-state index >= 15 is 0 Å². The average Bonchev–Trinajstić information content (AvgIpc) is 2.15. The van der Waals surface area contributed by atoms with E-state index in [0.29, 0.717) is 6.42 Å². The first-order chi connectivity index (χ1) is 6.97. The van der Waals surface area contributed by atoms with E-state index in [9.17, 15) is 8.42 Å². The van der Waals surface area contributed by atoms with Crippen molar-refractivity contribution in [2.45, 2.75) is 19.4 Å².